The smallest absolute Gasteiger partial charge is 0.264 e. The molecule has 1 atom stereocenters. The topological polar surface area (TPSA) is 96.0 Å². The van der Waals surface area contributed by atoms with E-state index in [1.165, 1.54) is 24.1 Å². The Kier molecular flexibility index (Phi) is 10.4. The van der Waals surface area contributed by atoms with E-state index in [2.05, 4.69) is 5.32 Å². The summed E-state index contributed by atoms with van der Waals surface area (Å²) in [6.07, 6.45) is 3.82. The summed E-state index contributed by atoms with van der Waals surface area (Å²) in [4.78, 5) is 28.8. The molecule has 0 aromatic heterocycles. The van der Waals surface area contributed by atoms with Crippen LogP contribution in [-0.2, 0) is 26.2 Å². The van der Waals surface area contributed by atoms with Gasteiger partial charge in [-0.1, -0.05) is 59.8 Å². The number of carbonyl (C=O) groups excluding carboxylic acids is 2. The minimum Gasteiger partial charge on any atom is -0.497 e. The van der Waals surface area contributed by atoms with E-state index in [9.17, 15) is 18.0 Å². The van der Waals surface area contributed by atoms with E-state index in [1.807, 2.05) is 6.92 Å². The van der Waals surface area contributed by atoms with Gasteiger partial charge in [-0.25, -0.2) is 8.42 Å². The van der Waals surface area contributed by atoms with Crippen LogP contribution in [0.3, 0.4) is 0 Å². The number of aryl methyl sites for hydroxylation is 1. The first-order chi connectivity index (χ1) is 20.0. The van der Waals surface area contributed by atoms with Crippen LogP contribution in [0.2, 0.25) is 10.0 Å². The highest BCUT2D eigenvalue weighted by Gasteiger charge is 2.34. The minimum absolute atomic E-state index is 0.0319. The molecule has 2 amide bonds. The Morgan fingerprint density at radius 2 is 1.57 bits per heavy atom. The molecule has 1 aliphatic carbocycles. The van der Waals surface area contributed by atoms with Gasteiger partial charge in [-0.05, 0) is 75.2 Å². The molecule has 0 aliphatic heterocycles. The minimum atomic E-state index is -4.18. The van der Waals surface area contributed by atoms with E-state index < -0.39 is 28.5 Å². The van der Waals surface area contributed by atoms with Crippen molar-refractivity contribution in [2.45, 2.75) is 63.1 Å². The fraction of sp³-hybridized carbons (Fsp3) is 0.355. The number of halogens is 2. The second-order valence-corrected chi connectivity index (χ2v) is 13.1. The predicted molar refractivity (Wildman–Crippen MR) is 166 cm³/mol. The Hall–Kier alpha value is -3.27. The molecule has 8 nitrogen and oxygen atoms in total. The van der Waals surface area contributed by atoms with Crippen LogP contribution < -0.4 is 14.4 Å². The normalized spacial score (nSPS) is 14.3. The molecule has 0 bridgehead atoms. The van der Waals surface area contributed by atoms with Gasteiger partial charge in [0.15, 0.2) is 0 Å². The van der Waals surface area contributed by atoms with Crippen molar-refractivity contribution in [2.75, 3.05) is 18.0 Å². The molecule has 1 N–H and O–H groups in total. The van der Waals surface area contributed by atoms with Crippen molar-refractivity contribution in [1.82, 2.24) is 10.2 Å². The van der Waals surface area contributed by atoms with Gasteiger partial charge in [0.05, 0.1) is 17.7 Å². The number of hydrogen-bond donors (Lipinski definition) is 1. The highest BCUT2D eigenvalue weighted by atomic mass is 35.5. The first-order valence-corrected chi connectivity index (χ1v) is 16.0. The molecule has 4 rings (SSSR count). The monoisotopic (exact) mass is 631 g/mol. The average molecular weight is 633 g/mol. The standard InChI is InChI=1S/C31H35Cl2N3O5S/c1-21-11-17-26(18-12-21)42(39,40)36(24-13-15-25(41-3)16-14-24)20-30(37)35(19-27-28(32)9-6-10-29(27)33)22(2)31(38)34-23-7-4-5-8-23/h6,9-18,22-23H,4-5,7-8,19-20H2,1-3H3,(H,34,38)/t22-/m1/s1. The van der Waals surface area contributed by atoms with E-state index >= 15 is 0 Å². The average Bonchev–Trinajstić information content (AvgIpc) is 3.48. The number of nitrogens with one attached hydrogen (secondary N) is 1. The van der Waals surface area contributed by atoms with Crippen LogP contribution in [0.25, 0.3) is 0 Å². The Bertz CT molecular complexity index is 1490. The Morgan fingerprint density at radius 3 is 2.14 bits per heavy atom. The van der Waals surface area contributed by atoms with Crippen molar-refractivity contribution < 1.29 is 22.7 Å². The molecule has 0 heterocycles. The maximum absolute atomic E-state index is 14.1. The predicted octanol–water partition coefficient (Wildman–Crippen LogP) is 5.98. The van der Waals surface area contributed by atoms with Crippen LogP contribution >= 0.6 is 23.2 Å². The summed E-state index contributed by atoms with van der Waals surface area (Å²) in [5.41, 5.74) is 1.63. The third kappa shape index (κ3) is 7.38. The van der Waals surface area contributed by atoms with Crippen molar-refractivity contribution in [3.8, 4) is 5.75 Å². The molecule has 0 saturated heterocycles. The van der Waals surface area contributed by atoms with Gasteiger partial charge >= 0.3 is 0 Å². The van der Waals surface area contributed by atoms with Crippen molar-refractivity contribution in [3.63, 3.8) is 0 Å². The summed E-state index contributed by atoms with van der Waals surface area (Å²) in [7, 11) is -2.67. The summed E-state index contributed by atoms with van der Waals surface area (Å²) < 4.78 is 34.2. The zero-order valence-corrected chi connectivity index (χ0v) is 26.2. The van der Waals surface area contributed by atoms with E-state index in [1.54, 1.807) is 61.5 Å². The summed E-state index contributed by atoms with van der Waals surface area (Å²) >= 11 is 12.9. The molecule has 42 heavy (non-hydrogen) atoms. The van der Waals surface area contributed by atoms with Gasteiger partial charge in [0, 0.05) is 28.2 Å². The van der Waals surface area contributed by atoms with E-state index in [-0.39, 0.29) is 29.1 Å². The van der Waals surface area contributed by atoms with Crippen LogP contribution in [0.4, 0.5) is 5.69 Å². The van der Waals surface area contributed by atoms with E-state index in [0.29, 0.717) is 21.4 Å². The Balaban J connectivity index is 1.72. The first kappa shape index (κ1) is 31.7. The van der Waals surface area contributed by atoms with Crippen LogP contribution in [0.5, 0.6) is 5.75 Å². The zero-order chi connectivity index (χ0) is 30.4. The fourth-order valence-electron chi connectivity index (χ4n) is 4.94. The lowest BCUT2D eigenvalue weighted by molar-refractivity contribution is -0.139. The van der Waals surface area contributed by atoms with Crippen molar-refractivity contribution in [2.24, 2.45) is 0 Å². The molecule has 0 radical (unpaired) electrons. The molecular weight excluding hydrogens is 597 g/mol. The molecule has 1 aliphatic rings. The van der Waals surface area contributed by atoms with Gasteiger partial charge in [0.2, 0.25) is 11.8 Å². The van der Waals surface area contributed by atoms with Crippen molar-refractivity contribution >= 4 is 50.7 Å². The molecule has 1 saturated carbocycles. The number of anilines is 1. The molecule has 0 unspecified atom stereocenters. The van der Waals surface area contributed by atoms with Crippen LogP contribution in [0.15, 0.2) is 71.6 Å². The maximum atomic E-state index is 14.1. The number of carbonyl (C=O) groups is 2. The molecule has 3 aromatic carbocycles. The number of sulfonamides is 1. The number of ether oxygens (including phenoxy) is 1. The highest BCUT2D eigenvalue weighted by molar-refractivity contribution is 7.92. The van der Waals surface area contributed by atoms with Crippen molar-refractivity contribution in [1.29, 1.82) is 0 Å². The molecular formula is C31H35Cl2N3O5S. The van der Waals surface area contributed by atoms with Gasteiger partial charge in [0.25, 0.3) is 10.0 Å². The largest absolute Gasteiger partial charge is 0.497 e. The van der Waals surface area contributed by atoms with Crippen molar-refractivity contribution in [3.05, 3.63) is 87.9 Å². The number of methoxy groups -OCH3 is 1. The number of hydrogen-bond acceptors (Lipinski definition) is 5. The highest BCUT2D eigenvalue weighted by Crippen LogP contribution is 2.29. The Labute approximate surface area is 257 Å². The van der Waals surface area contributed by atoms with Crippen LogP contribution in [0.1, 0.15) is 43.7 Å². The lowest BCUT2D eigenvalue weighted by Gasteiger charge is -2.33. The molecule has 224 valence electrons. The third-order valence-electron chi connectivity index (χ3n) is 7.51. The van der Waals surface area contributed by atoms with Gasteiger partial charge in [0.1, 0.15) is 18.3 Å². The van der Waals surface area contributed by atoms with Gasteiger partial charge in [-0.15, -0.1) is 0 Å². The maximum Gasteiger partial charge on any atom is 0.264 e. The Morgan fingerprint density at radius 1 is 0.976 bits per heavy atom. The summed E-state index contributed by atoms with van der Waals surface area (Å²) in [5, 5.41) is 3.72. The second kappa shape index (κ2) is 13.8. The summed E-state index contributed by atoms with van der Waals surface area (Å²) in [5.74, 6) is -0.382. The van der Waals surface area contributed by atoms with Crippen LogP contribution in [-0.4, -0.2) is 50.9 Å². The lowest BCUT2D eigenvalue weighted by Crippen LogP contribution is -2.52. The lowest BCUT2D eigenvalue weighted by atomic mass is 10.1. The number of nitrogens with zero attached hydrogens (tertiary/aromatic N) is 2. The molecule has 3 aromatic rings. The SMILES string of the molecule is COc1ccc(N(CC(=O)N(Cc2c(Cl)cccc2Cl)[C@H](C)C(=O)NC2CCCC2)S(=O)(=O)c2ccc(C)cc2)cc1. The van der Waals surface area contributed by atoms with Gasteiger partial charge in [-0.3, -0.25) is 13.9 Å². The number of rotatable bonds is 11. The quantitative estimate of drug-likeness (QED) is 0.281. The summed E-state index contributed by atoms with van der Waals surface area (Å²) in [6.45, 7) is 2.83. The second-order valence-electron chi connectivity index (χ2n) is 10.4. The number of benzene rings is 3. The third-order valence-corrected chi connectivity index (χ3v) is 10.0. The van der Waals surface area contributed by atoms with Gasteiger partial charge < -0.3 is 15.0 Å². The fourth-order valence-corrected chi connectivity index (χ4v) is 6.87. The molecule has 11 heteroatoms. The van der Waals surface area contributed by atoms with E-state index in [0.717, 1.165) is 35.6 Å². The summed E-state index contributed by atoms with van der Waals surface area (Å²) in [6, 6.07) is 16.9. The zero-order valence-electron chi connectivity index (χ0n) is 23.8. The van der Waals surface area contributed by atoms with Gasteiger partial charge in [-0.2, -0.15) is 0 Å². The first-order valence-electron chi connectivity index (χ1n) is 13.8. The number of amides is 2. The molecule has 0 spiro atoms. The van der Waals surface area contributed by atoms with Crippen LogP contribution in [0, 0.1) is 6.92 Å². The molecule has 1 fully saturated rings. The van der Waals surface area contributed by atoms with E-state index in [4.69, 9.17) is 27.9 Å².